The van der Waals surface area contributed by atoms with Crippen molar-refractivity contribution in [3.8, 4) is 11.5 Å². The maximum absolute atomic E-state index is 9.37. The molecule has 150 valence electrons. The Morgan fingerprint density at radius 3 is 2.33 bits per heavy atom. The molecule has 4 nitrogen and oxygen atoms in total. The first-order chi connectivity index (χ1) is 12.3. The van der Waals surface area contributed by atoms with Crippen molar-refractivity contribution in [3.63, 3.8) is 0 Å². The average molecular weight is 414 g/mol. The lowest BCUT2D eigenvalue weighted by atomic mass is 10.1. The van der Waals surface area contributed by atoms with E-state index in [0.717, 1.165) is 11.1 Å². The number of aliphatic hydroxyl groups is 1. The van der Waals surface area contributed by atoms with Gasteiger partial charge in [-0.15, -0.1) is 12.4 Å². The van der Waals surface area contributed by atoms with Gasteiger partial charge < -0.3 is 19.9 Å². The Labute approximate surface area is 173 Å². The van der Waals surface area contributed by atoms with Gasteiger partial charge in [0.05, 0.1) is 18.2 Å². The number of benzene rings is 2. The monoisotopic (exact) mass is 413 g/mol. The lowest BCUT2D eigenvalue weighted by Gasteiger charge is -2.24. The number of hydrogen-bond acceptors (Lipinski definition) is 4. The molecule has 2 aromatic rings. The van der Waals surface area contributed by atoms with Crippen LogP contribution < -0.4 is 14.8 Å². The Morgan fingerprint density at radius 1 is 1.07 bits per heavy atom. The molecule has 0 saturated carbocycles. The number of ether oxygens (including phenoxy) is 2. The zero-order valence-corrected chi connectivity index (χ0v) is 17.9. The SMILES string of the molecule is CCOc1cc(CNC(C)(C)CO)cc(Cl)c1OCc1ccc(C)cc1.Cl. The second-order valence-corrected chi connectivity index (χ2v) is 7.41. The first-order valence-electron chi connectivity index (χ1n) is 8.84. The second kappa shape index (κ2) is 10.8. The molecule has 0 aliphatic heterocycles. The fraction of sp³-hybridized carbons (Fsp3) is 0.429. The molecule has 0 bridgehead atoms. The van der Waals surface area contributed by atoms with Gasteiger partial charge in [-0.05, 0) is 51.0 Å². The van der Waals surface area contributed by atoms with Crippen LogP contribution in [0.2, 0.25) is 5.02 Å². The molecule has 0 fully saturated rings. The zero-order chi connectivity index (χ0) is 19.2. The van der Waals surface area contributed by atoms with Crippen LogP contribution in [0.5, 0.6) is 11.5 Å². The van der Waals surface area contributed by atoms with Gasteiger partial charge in [0.2, 0.25) is 0 Å². The third-order valence-corrected chi connectivity index (χ3v) is 4.32. The minimum atomic E-state index is -0.362. The molecule has 0 saturated heterocycles. The number of aryl methyl sites for hydroxylation is 1. The number of hydrogen-bond donors (Lipinski definition) is 2. The van der Waals surface area contributed by atoms with E-state index in [1.165, 1.54) is 5.56 Å². The van der Waals surface area contributed by atoms with Crippen LogP contribution in [-0.4, -0.2) is 23.9 Å². The highest BCUT2D eigenvalue weighted by molar-refractivity contribution is 6.32. The Bertz CT molecular complexity index is 718. The Hall–Kier alpha value is -1.46. The molecule has 0 aromatic heterocycles. The summed E-state index contributed by atoms with van der Waals surface area (Å²) in [6, 6.07) is 12.0. The van der Waals surface area contributed by atoms with Crippen LogP contribution in [0.15, 0.2) is 36.4 Å². The summed E-state index contributed by atoms with van der Waals surface area (Å²) in [5.41, 5.74) is 2.90. The van der Waals surface area contributed by atoms with E-state index in [1.54, 1.807) is 0 Å². The van der Waals surface area contributed by atoms with Crippen LogP contribution >= 0.6 is 24.0 Å². The molecule has 2 aromatic carbocycles. The molecule has 0 amide bonds. The first kappa shape index (κ1) is 23.6. The van der Waals surface area contributed by atoms with Crippen molar-refractivity contribution in [1.82, 2.24) is 5.32 Å². The summed E-state index contributed by atoms with van der Waals surface area (Å²) in [7, 11) is 0. The molecular weight excluding hydrogens is 385 g/mol. The molecule has 2 rings (SSSR count). The normalized spacial score (nSPS) is 11.0. The van der Waals surface area contributed by atoms with Crippen LogP contribution in [0, 0.1) is 6.92 Å². The average Bonchev–Trinajstić information content (AvgIpc) is 2.61. The van der Waals surface area contributed by atoms with E-state index in [4.69, 9.17) is 21.1 Å². The summed E-state index contributed by atoms with van der Waals surface area (Å²) in [6.07, 6.45) is 0. The summed E-state index contributed by atoms with van der Waals surface area (Å²) in [5, 5.41) is 13.2. The highest BCUT2D eigenvalue weighted by Crippen LogP contribution is 2.37. The van der Waals surface area contributed by atoms with Crippen molar-refractivity contribution < 1.29 is 14.6 Å². The maximum atomic E-state index is 9.37. The highest BCUT2D eigenvalue weighted by atomic mass is 35.5. The van der Waals surface area contributed by atoms with Crippen molar-refractivity contribution in [2.24, 2.45) is 0 Å². The van der Waals surface area contributed by atoms with Gasteiger partial charge in [0.1, 0.15) is 6.61 Å². The lowest BCUT2D eigenvalue weighted by molar-refractivity contribution is 0.187. The lowest BCUT2D eigenvalue weighted by Crippen LogP contribution is -2.42. The van der Waals surface area contributed by atoms with Gasteiger partial charge in [-0.2, -0.15) is 0 Å². The van der Waals surface area contributed by atoms with Crippen molar-refractivity contribution in [2.75, 3.05) is 13.2 Å². The summed E-state index contributed by atoms with van der Waals surface area (Å²) in [6.45, 7) is 9.44. The van der Waals surface area contributed by atoms with Gasteiger partial charge in [-0.3, -0.25) is 0 Å². The Kier molecular flexibility index (Phi) is 9.40. The third-order valence-electron chi connectivity index (χ3n) is 4.04. The van der Waals surface area contributed by atoms with E-state index >= 15 is 0 Å². The predicted octanol–water partition coefficient (Wildman–Crippen LogP) is 4.91. The topological polar surface area (TPSA) is 50.7 Å². The van der Waals surface area contributed by atoms with Crippen molar-refractivity contribution in [2.45, 2.75) is 46.4 Å². The Balaban J connectivity index is 0.00000364. The third kappa shape index (κ3) is 7.23. The van der Waals surface area contributed by atoms with Crippen LogP contribution in [0.3, 0.4) is 0 Å². The van der Waals surface area contributed by atoms with Gasteiger partial charge in [-0.1, -0.05) is 41.4 Å². The van der Waals surface area contributed by atoms with E-state index in [9.17, 15) is 5.11 Å². The minimum Gasteiger partial charge on any atom is -0.490 e. The fourth-order valence-electron chi connectivity index (χ4n) is 2.36. The summed E-state index contributed by atoms with van der Waals surface area (Å²) in [5.74, 6) is 1.19. The largest absolute Gasteiger partial charge is 0.490 e. The number of aliphatic hydroxyl groups excluding tert-OH is 1. The van der Waals surface area contributed by atoms with E-state index in [-0.39, 0.29) is 24.6 Å². The van der Waals surface area contributed by atoms with Crippen LogP contribution in [0.1, 0.15) is 37.5 Å². The summed E-state index contributed by atoms with van der Waals surface area (Å²) >= 11 is 6.46. The fourth-order valence-corrected chi connectivity index (χ4v) is 2.65. The smallest absolute Gasteiger partial charge is 0.180 e. The molecule has 27 heavy (non-hydrogen) atoms. The predicted molar refractivity (Wildman–Crippen MR) is 113 cm³/mol. The molecule has 0 atom stereocenters. The van der Waals surface area contributed by atoms with Gasteiger partial charge in [0.25, 0.3) is 0 Å². The van der Waals surface area contributed by atoms with Crippen LogP contribution in [-0.2, 0) is 13.2 Å². The molecule has 0 spiro atoms. The van der Waals surface area contributed by atoms with Crippen molar-refractivity contribution >= 4 is 24.0 Å². The zero-order valence-electron chi connectivity index (χ0n) is 16.3. The van der Waals surface area contributed by atoms with Crippen molar-refractivity contribution in [1.29, 1.82) is 0 Å². The molecule has 0 unspecified atom stereocenters. The highest BCUT2D eigenvalue weighted by Gasteiger charge is 2.17. The Morgan fingerprint density at radius 2 is 1.74 bits per heavy atom. The molecule has 6 heteroatoms. The molecule has 0 aliphatic carbocycles. The van der Waals surface area contributed by atoms with Gasteiger partial charge in [0.15, 0.2) is 11.5 Å². The number of nitrogens with one attached hydrogen (secondary N) is 1. The van der Waals surface area contributed by atoms with E-state index in [1.807, 2.05) is 45.0 Å². The van der Waals surface area contributed by atoms with Gasteiger partial charge >= 0.3 is 0 Å². The minimum absolute atomic E-state index is 0. The molecular formula is C21H29Cl2NO3. The molecule has 0 heterocycles. The van der Waals surface area contributed by atoms with E-state index < -0.39 is 0 Å². The van der Waals surface area contributed by atoms with Crippen LogP contribution in [0.4, 0.5) is 0 Å². The second-order valence-electron chi connectivity index (χ2n) is 7.01. The maximum Gasteiger partial charge on any atom is 0.180 e. The molecule has 0 radical (unpaired) electrons. The van der Waals surface area contributed by atoms with E-state index in [2.05, 4.69) is 24.4 Å². The summed E-state index contributed by atoms with van der Waals surface area (Å²) in [4.78, 5) is 0. The van der Waals surface area contributed by atoms with Crippen molar-refractivity contribution in [3.05, 3.63) is 58.1 Å². The van der Waals surface area contributed by atoms with E-state index in [0.29, 0.717) is 36.3 Å². The molecule has 2 N–H and O–H groups in total. The standard InChI is InChI=1S/C21H28ClNO3.ClH/c1-5-25-19-11-17(12-23-21(3,4)14-24)10-18(22)20(19)26-13-16-8-6-15(2)7-9-16;/h6-11,23-24H,5,12-14H2,1-4H3;1H. The van der Waals surface area contributed by atoms with Gasteiger partial charge in [-0.25, -0.2) is 0 Å². The number of halogens is 2. The first-order valence-corrected chi connectivity index (χ1v) is 9.22. The number of rotatable bonds is 9. The molecule has 0 aliphatic rings. The van der Waals surface area contributed by atoms with Crippen LogP contribution in [0.25, 0.3) is 0 Å². The summed E-state index contributed by atoms with van der Waals surface area (Å²) < 4.78 is 11.7. The van der Waals surface area contributed by atoms with Gasteiger partial charge in [0, 0.05) is 12.1 Å². The quantitative estimate of drug-likeness (QED) is 0.612.